The normalized spacial score (nSPS) is 18.2. The number of imidazole rings is 1. The number of aromatic nitrogens is 3. The monoisotopic (exact) mass is 565 g/mol. The summed E-state index contributed by atoms with van der Waals surface area (Å²) in [6.07, 6.45) is -4.09. The van der Waals surface area contributed by atoms with Crippen LogP contribution in [0.15, 0.2) is 18.2 Å². The Kier molecular flexibility index (Phi) is 7.98. The number of benzene rings is 1. The molecule has 3 aromatic rings. The third-order valence-corrected chi connectivity index (χ3v) is 6.74. The molecule has 0 radical (unpaired) electrons. The molecule has 0 bridgehead atoms. The summed E-state index contributed by atoms with van der Waals surface area (Å²) in [5.41, 5.74) is 0.691. The van der Waals surface area contributed by atoms with E-state index in [0.29, 0.717) is 0 Å². The molecular formula is C23H22Cl2F5N5O2. The number of amides is 1. The first kappa shape index (κ1) is 27.2. The van der Waals surface area contributed by atoms with Crippen LogP contribution in [0, 0.1) is 11.7 Å². The predicted octanol–water partition coefficient (Wildman–Crippen LogP) is 6.36. The van der Waals surface area contributed by atoms with Gasteiger partial charge in [-0.3, -0.25) is 9.36 Å². The predicted molar refractivity (Wildman–Crippen MR) is 129 cm³/mol. The number of nitrogens with one attached hydrogen (secondary N) is 2. The number of ether oxygens (including phenoxy) is 1. The van der Waals surface area contributed by atoms with Crippen LogP contribution in [0.25, 0.3) is 11.2 Å². The Morgan fingerprint density at radius 2 is 1.78 bits per heavy atom. The third-order valence-electron chi connectivity index (χ3n) is 6.14. The van der Waals surface area contributed by atoms with Crippen LogP contribution < -0.4 is 15.4 Å². The molecule has 2 aromatic heterocycles. The number of hydrogen-bond acceptors (Lipinski definition) is 5. The fourth-order valence-corrected chi connectivity index (χ4v) is 4.77. The summed E-state index contributed by atoms with van der Waals surface area (Å²) in [5.74, 6) is -2.58. The van der Waals surface area contributed by atoms with Crippen LogP contribution in [0.3, 0.4) is 0 Å². The largest absolute Gasteiger partial charge is 0.474 e. The number of alkyl halides is 4. The molecule has 1 aliphatic carbocycles. The van der Waals surface area contributed by atoms with Gasteiger partial charge in [-0.15, -0.1) is 0 Å². The van der Waals surface area contributed by atoms with Crippen molar-refractivity contribution < 1.29 is 31.5 Å². The average molecular weight is 566 g/mol. The summed E-state index contributed by atoms with van der Waals surface area (Å²) < 4.78 is 72.1. The summed E-state index contributed by atoms with van der Waals surface area (Å²) in [6.45, 7) is -1.19. The second-order valence-electron chi connectivity index (χ2n) is 8.65. The van der Waals surface area contributed by atoms with Crippen LogP contribution in [0.1, 0.15) is 36.0 Å². The number of carbonyl (C=O) groups is 1. The van der Waals surface area contributed by atoms with Crippen LogP contribution >= 0.6 is 23.2 Å². The van der Waals surface area contributed by atoms with Gasteiger partial charge in [-0.05, 0) is 43.9 Å². The van der Waals surface area contributed by atoms with Crippen LogP contribution in [-0.4, -0.2) is 45.9 Å². The highest BCUT2D eigenvalue weighted by Gasteiger charge is 2.41. The number of carbonyl (C=O) groups excluding carboxylic acids is 1. The lowest BCUT2D eigenvalue weighted by Crippen LogP contribution is -2.40. The quantitative estimate of drug-likeness (QED) is 0.326. The molecule has 0 aliphatic heterocycles. The number of fused-ring (bicyclic) bond motifs is 1. The van der Waals surface area contributed by atoms with Crippen LogP contribution in [0.2, 0.25) is 10.0 Å². The molecule has 37 heavy (non-hydrogen) atoms. The zero-order chi connectivity index (χ0) is 26.9. The molecule has 1 amide bonds. The number of halogens is 7. The van der Waals surface area contributed by atoms with Gasteiger partial charge in [0.2, 0.25) is 11.8 Å². The number of nitrogens with zero attached hydrogens (tertiary/aromatic N) is 3. The third kappa shape index (κ3) is 6.01. The van der Waals surface area contributed by atoms with Crippen molar-refractivity contribution in [1.29, 1.82) is 0 Å². The van der Waals surface area contributed by atoms with E-state index in [4.69, 9.17) is 27.9 Å². The van der Waals surface area contributed by atoms with Gasteiger partial charge in [0.05, 0.1) is 21.7 Å². The van der Waals surface area contributed by atoms with Gasteiger partial charge >= 0.3 is 6.18 Å². The van der Waals surface area contributed by atoms with Gasteiger partial charge in [0.1, 0.15) is 30.2 Å². The molecule has 0 unspecified atom stereocenters. The summed E-state index contributed by atoms with van der Waals surface area (Å²) in [4.78, 5) is 21.8. The number of hydrogen-bond donors (Lipinski definition) is 2. The molecule has 0 saturated heterocycles. The number of anilines is 2. The zero-order valence-electron chi connectivity index (χ0n) is 19.4. The molecular weight excluding hydrogens is 544 g/mol. The number of rotatable bonds is 7. The lowest BCUT2D eigenvalue weighted by molar-refractivity contribution is -0.182. The van der Waals surface area contributed by atoms with Gasteiger partial charge in [0.15, 0.2) is 5.65 Å². The van der Waals surface area contributed by atoms with Gasteiger partial charge in [-0.25, -0.2) is 13.8 Å². The molecule has 14 heteroatoms. The highest BCUT2D eigenvalue weighted by atomic mass is 35.5. The van der Waals surface area contributed by atoms with Crippen molar-refractivity contribution >= 4 is 51.9 Å². The Morgan fingerprint density at radius 1 is 1.14 bits per heavy atom. The fourth-order valence-electron chi connectivity index (χ4n) is 4.22. The standard InChI is InChI=1S/C23H22Cl2F5N5O2/c1-35-19-17(32-22(35)33-18-15(24)8-12(27)9-16(18)25)10-14(21(34-19)37-7-6-26)20(36)31-13-4-2-11(3-5-13)23(28,29)30/h8-11,13H,2-7H2,1H3,(H,31,36)(H,32,33)/t11-,13-. The van der Waals surface area contributed by atoms with Crippen molar-refractivity contribution in [2.24, 2.45) is 13.0 Å². The maximum Gasteiger partial charge on any atom is 0.391 e. The number of aryl methyl sites for hydroxylation is 1. The first-order chi connectivity index (χ1) is 17.5. The van der Waals surface area contributed by atoms with E-state index in [9.17, 15) is 26.7 Å². The zero-order valence-corrected chi connectivity index (χ0v) is 20.9. The van der Waals surface area contributed by atoms with E-state index < -0.39 is 36.5 Å². The average Bonchev–Trinajstić information content (AvgIpc) is 3.13. The van der Waals surface area contributed by atoms with Crippen molar-refractivity contribution in [3.05, 3.63) is 39.6 Å². The smallest absolute Gasteiger partial charge is 0.391 e. The Balaban J connectivity index is 1.61. The van der Waals surface area contributed by atoms with E-state index in [-0.39, 0.29) is 76.6 Å². The van der Waals surface area contributed by atoms with Gasteiger partial charge in [0, 0.05) is 13.1 Å². The SMILES string of the molecule is Cn1c(Nc2c(Cl)cc(F)cc2Cl)nc2cc(C(=O)N[C@H]3CC[C@H](C(F)(F)F)CC3)c(OCCF)nc21. The van der Waals surface area contributed by atoms with Crippen LogP contribution in [0.5, 0.6) is 5.88 Å². The maximum absolute atomic E-state index is 13.5. The molecule has 7 nitrogen and oxygen atoms in total. The van der Waals surface area contributed by atoms with Crippen molar-refractivity contribution in [1.82, 2.24) is 19.9 Å². The summed E-state index contributed by atoms with van der Waals surface area (Å²) in [6, 6.07) is 3.08. The molecule has 0 atom stereocenters. The van der Waals surface area contributed by atoms with Gasteiger partial charge in [-0.2, -0.15) is 18.2 Å². The van der Waals surface area contributed by atoms with Crippen molar-refractivity contribution in [2.75, 3.05) is 18.6 Å². The van der Waals surface area contributed by atoms with Crippen molar-refractivity contribution in [3.63, 3.8) is 0 Å². The molecule has 1 aliphatic rings. The minimum absolute atomic E-state index is 0.0114. The van der Waals surface area contributed by atoms with Gasteiger partial charge in [-0.1, -0.05) is 23.2 Å². The minimum Gasteiger partial charge on any atom is -0.474 e. The Labute approximate surface area is 218 Å². The first-order valence-electron chi connectivity index (χ1n) is 11.3. The lowest BCUT2D eigenvalue weighted by Gasteiger charge is -2.30. The Bertz CT molecular complexity index is 1290. The molecule has 1 aromatic carbocycles. The second kappa shape index (κ2) is 10.9. The van der Waals surface area contributed by atoms with E-state index in [1.165, 1.54) is 10.6 Å². The Hall–Kier alpha value is -2.86. The number of pyridine rings is 1. The maximum atomic E-state index is 13.5. The van der Waals surface area contributed by atoms with E-state index in [2.05, 4.69) is 20.6 Å². The highest BCUT2D eigenvalue weighted by Crippen LogP contribution is 2.38. The highest BCUT2D eigenvalue weighted by molar-refractivity contribution is 6.39. The van der Waals surface area contributed by atoms with Crippen molar-refractivity contribution in [2.45, 2.75) is 37.9 Å². The summed E-state index contributed by atoms with van der Waals surface area (Å²) >= 11 is 12.2. The fraction of sp³-hybridized carbons (Fsp3) is 0.435. The Morgan fingerprint density at radius 3 is 2.38 bits per heavy atom. The van der Waals surface area contributed by atoms with E-state index in [1.807, 2.05) is 0 Å². The summed E-state index contributed by atoms with van der Waals surface area (Å²) in [5, 5.41) is 5.66. The van der Waals surface area contributed by atoms with E-state index in [1.54, 1.807) is 7.05 Å². The van der Waals surface area contributed by atoms with E-state index >= 15 is 0 Å². The molecule has 1 saturated carbocycles. The van der Waals surface area contributed by atoms with Gasteiger partial charge < -0.3 is 15.4 Å². The van der Waals surface area contributed by atoms with Gasteiger partial charge in [0.25, 0.3) is 5.91 Å². The van der Waals surface area contributed by atoms with Crippen LogP contribution in [0.4, 0.5) is 33.6 Å². The first-order valence-corrected chi connectivity index (χ1v) is 12.1. The molecule has 2 heterocycles. The minimum atomic E-state index is -4.26. The second-order valence-corrected chi connectivity index (χ2v) is 9.46. The van der Waals surface area contributed by atoms with E-state index in [0.717, 1.165) is 12.1 Å². The lowest BCUT2D eigenvalue weighted by atomic mass is 9.85. The molecule has 2 N–H and O–H groups in total. The topological polar surface area (TPSA) is 81.1 Å². The molecule has 1 fully saturated rings. The molecule has 0 spiro atoms. The van der Waals surface area contributed by atoms with Crippen LogP contribution in [-0.2, 0) is 7.05 Å². The summed E-state index contributed by atoms with van der Waals surface area (Å²) in [7, 11) is 1.60. The van der Waals surface area contributed by atoms with Crippen molar-refractivity contribution in [3.8, 4) is 5.88 Å². The molecule has 4 rings (SSSR count). The molecule has 200 valence electrons.